The zero-order chi connectivity index (χ0) is 20.5. The number of amides is 1. The molecule has 0 bridgehead atoms. The molecule has 0 saturated heterocycles. The van der Waals surface area contributed by atoms with E-state index in [-0.39, 0.29) is 29.9 Å². The molecular formula is C21H26N2O5. The van der Waals surface area contributed by atoms with Crippen LogP contribution in [0, 0.1) is 17.2 Å². The first-order valence-electron chi connectivity index (χ1n) is 9.43. The maximum atomic E-state index is 12.5. The van der Waals surface area contributed by atoms with Crippen LogP contribution in [0.15, 0.2) is 23.8 Å². The normalized spacial score (nSPS) is 19.3. The van der Waals surface area contributed by atoms with Crippen molar-refractivity contribution in [3.8, 4) is 17.6 Å². The first-order valence-corrected chi connectivity index (χ1v) is 9.43. The van der Waals surface area contributed by atoms with Gasteiger partial charge in [-0.3, -0.25) is 4.79 Å². The number of rotatable bonds is 6. The number of nitrogens with one attached hydrogen (secondary N) is 1. The van der Waals surface area contributed by atoms with Crippen molar-refractivity contribution < 1.29 is 23.8 Å². The lowest BCUT2D eigenvalue weighted by molar-refractivity contribution is -0.118. The van der Waals surface area contributed by atoms with E-state index in [4.69, 9.17) is 14.2 Å². The van der Waals surface area contributed by atoms with Gasteiger partial charge in [-0.15, -0.1) is 0 Å². The summed E-state index contributed by atoms with van der Waals surface area (Å²) in [7, 11) is 1.43. The fraction of sp³-hybridized carbons (Fsp3) is 0.476. The largest absolute Gasteiger partial charge is 0.513 e. The van der Waals surface area contributed by atoms with Gasteiger partial charge in [-0.1, -0.05) is 25.8 Å². The molecule has 0 radical (unpaired) electrons. The molecule has 7 heteroatoms. The summed E-state index contributed by atoms with van der Waals surface area (Å²) in [5.74, 6) is 0.501. The van der Waals surface area contributed by atoms with E-state index in [0.29, 0.717) is 17.2 Å². The lowest BCUT2D eigenvalue weighted by Crippen LogP contribution is -2.41. The number of benzene rings is 1. The summed E-state index contributed by atoms with van der Waals surface area (Å²) in [5.41, 5.74) is 0.593. The van der Waals surface area contributed by atoms with E-state index in [9.17, 15) is 14.9 Å². The predicted molar refractivity (Wildman–Crippen MR) is 104 cm³/mol. The van der Waals surface area contributed by atoms with Gasteiger partial charge in [0.15, 0.2) is 11.5 Å². The molecule has 1 aromatic carbocycles. The minimum Gasteiger partial charge on any atom is -0.493 e. The monoisotopic (exact) mass is 386 g/mol. The van der Waals surface area contributed by atoms with Gasteiger partial charge in [0.25, 0.3) is 5.91 Å². The van der Waals surface area contributed by atoms with Crippen molar-refractivity contribution in [1.82, 2.24) is 5.32 Å². The second kappa shape index (κ2) is 10.4. The van der Waals surface area contributed by atoms with Gasteiger partial charge >= 0.3 is 6.16 Å². The van der Waals surface area contributed by atoms with Crippen LogP contribution < -0.4 is 14.8 Å². The topological polar surface area (TPSA) is 97.7 Å². The Bertz CT molecular complexity index is 781. The Morgan fingerprint density at radius 2 is 2.04 bits per heavy atom. The van der Waals surface area contributed by atoms with Crippen LogP contribution in [0.2, 0.25) is 0 Å². The molecule has 1 saturated carbocycles. The smallest absolute Gasteiger partial charge is 0.493 e. The van der Waals surface area contributed by atoms with E-state index in [1.807, 2.05) is 6.07 Å². The Balaban J connectivity index is 2.15. The van der Waals surface area contributed by atoms with Gasteiger partial charge in [0.05, 0.1) is 13.7 Å². The molecular weight excluding hydrogens is 360 g/mol. The highest BCUT2D eigenvalue weighted by atomic mass is 16.7. The molecule has 0 unspecified atom stereocenters. The molecule has 1 N–H and O–H groups in total. The van der Waals surface area contributed by atoms with Crippen LogP contribution in [0.5, 0.6) is 11.5 Å². The molecule has 0 aromatic heterocycles. The molecule has 0 heterocycles. The Hall–Kier alpha value is -3.01. The maximum absolute atomic E-state index is 12.5. The lowest BCUT2D eigenvalue weighted by Gasteiger charge is -2.29. The van der Waals surface area contributed by atoms with Gasteiger partial charge in [0.2, 0.25) is 0 Å². The highest BCUT2D eigenvalue weighted by Crippen LogP contribution is 2.29. The number of ether oxygens (including phenoxy) is 3. The molecule has 1 aliphatic rings. The molecule has 1 aromatic rings. The van der Waals surface area contributed by atoms with Crippen LogP contribution in [0.1, 0.15) is 45.1 Å². The van der Waals surface area contributed by atoms with E-state index in [2.05, 4.69) is 12.2 Å². The van der Waals surface area contributed by atoms with E-state index in [0.717, 1.165) is 19.3 Å². The molecule has 28 heavy (non-hydrogen) atoms. The average Bonchev–Trinajstić information content (AvgIpc) is 2.68. The van der Waals surface area contributed by atoms with Crippen LogP contribution in [-0.2, 0) is 9.53 Å². The number of hydrogen-bond acceptors (Lipinski definition) is 6. The molecule has 0 aliphatic heterocycles. The number of hydrogen-bond donors (Lipinski definition) is 1. The second-order valence-electron chi connectivity index (χ2n) is 6.71. The summed E-state index contributed by atoms with van der Waals surface area (Å²) < 4.78 is 15.0. The predicted octanol–water partition coefficient (Wildman–Crippen LogP) is 3.83. The van der Waals surface area contributed by atoms with Gasteiger partial charge in [-0.2, -0.15) is 5.26 Å². The summed E-state index contributed by atoms with van der Waals surface area (Å²) in [5, 5.41) is 12.4. The lowest BCUT2D eigenvalue weighted by atomic mass is 9.86. The zero-order valence-electron chi connectivity index (χ0n) is 16.5. The molecule has 2 atom stereocenters. The van der Waals surface area contributed by atoms with Crippen molar-refractivity contribution >= 4 is 18.1 Å². The Morgan fingerprint density at radius 1 is 1.29 bits per heavy atom. The zero-order valence-corrected chi connectivity index (χ0v) is 16.5. The van der Waals surface area contributed by atoms with E-state index in [1.165, 1.54) is 25.7 Å². The molecule has 1 aliphatic carbocycles. The van der Waals surface area contributed by atoms with Gasteiger partial charge < -0.3 is 19.5 Å². The van der Waals surface area contributed by atoms with Crippen LogP contribution >= 0.6 is 0 Å². The molecule has 1 fully saturated rings. The number of nitriles is 1. The molecule has 2 rings (SSSR count). The molecule has 150 valence electrons. The quantitative estimate of drug-likeness (QED) is 0.345. The third-order valence-corrected chi connectivity index (χ3v) is 4.75. The van der Waals surface area contributed by atoms with E-state index < -0.39 is 6.16 Å². The van der Waals surface area contributed by atoms with Crippen molar-refractivity contribution in [1.29, 1.82) is 5.26 Å². The summed E-state index contributed by atoms with van der Waals surface area (Å²) >= 11 is 0. The number of carbonyl (C=O) groups is 2. The maximum Gasteiger partial charge on any atom is 0.513 e. The second-order valence-corrected chi connectivity index (χ2v) is 6.71. The van der Waals surface area contributed by atoms with Crippen LogP contribution in [0.3, 0.4) is 0 Å². The number of methoxy groups -OCH3 is 1. The van der Waals surface area contributed by atoms with Crippen molar-refractivity contribution in [2.75, 3.05) is 13.7 Å². The average molecular weight is 386 g/mol. The SMILES string of the molecule is CCOC(=O)Oc1ccc(/C=C(\C#N)C(=O)N[C@H]2CCCC[C@H]2C)cc1OC. The molecule has 7 nitrogen and oxygen atoms in total. The highest BCUT2D eigenvalue weighted by Gasteiger charge is 2.24. The highest BCUT2D eigenvalue weighted by molar-refractivity contribution is 6.01. The molecule has 0 spiro atoms. The van der Waals surface area contributed by atoms with Crippen LogP contribution in [-0.4, -0.2) is 31.8 Å². The van der Waals surface area contributed by atoms with Gasteiger partial charge in [-0.25, -0.2) is 4.79 Å². The Labute approximate surface area is 165 Å². The van der Waals surface area contributed by atoms with E-state index in [1.54, 1.807) is 19.1 Å². The summed E-state index contributed by atoms with van der Waals surface area (Å²) in [6, 6.07) is 6.79. The molecule has 1 amide bonds. The van der Waals surface area contributed by atoms with Crippen molar-refractivity contribution in [2.24, 2.45) is 5.92 Å². The summed E-state index contributed by atoms with van der Waals surface area (Å²) in [6.07, 6.45) is 4.92. The van der Waals surface area contributed by atoms with Crippen LogP contribution in [0.25, 0.3) is 6.08 Å². The summed E-state index contributed by atoms with van der Waals surface area (Å²) in [6.45, 7) is 3.99. The fourth-order valence-corrected chi connectivity index (χ4v) is 3.19. The Morgan fingerprint density at radius 3 is 2.68 bits per heavy atom. The van der Waals surface area contributed by atoms with Gasteiger partial charge in [0.1, 0.15) is 11.6 Å². The van der Waals surface area contributed by atoms with Gasteiger partial charge in [0, 0.05) is 6.04 Å². The third kappa shape index (κ3) is 5.74. The Kier molecular flexibility index (Phi) is 7.88. The van der Waals surface area contributed by atoms with Crippen LogP contribution in [0.4, 0.5) is 4.79 Å². The van der Waals surface area contributed by atoms with Crippen molar-refractivity contribution in [3.05, 3.63) is 29.3 Å². The van der Waals surface area contributed by atoms with Crippen molar-refractivity contribution in [3.63, 3.8) is 0 Å². The standard InChI is InChI=1S/C21H26N2O5/c1-4-27-21(25)28-18-10-9-15(12-19(18)26-3)11-16(13-22)20(24)23-17-8-6-5-7-14(17)2/h9-12,14,17H,4-8H2,1-3H3,(H,23,24)/b16-11+/t14-,17+/m1/s1. The summed E-state index contributed by atoms with van der Waals surface area (Å²) in [4.78, 5) is 24.0. The number of carbonyl (C=O) groups excluding carboxylic acids is 2. The fourth-order valence-electron chi connectivity index (χ4n) is 3.19. The minimum absolute atomic E-state index is 0.0129. The third-order valence-electron chi connectivity index (χ3n) is 4.75. The number of nitrogens with zero attached hydrogens (tertiary/aromatic N) is 1. The van der Waals surface area contributed by atoms with Crippen molar-refractivity contribution in [2.45, 2.75) is 45.6 Å². The van der Waals surface area contributed by atoms with E-state index >= 15 is 0 Å². The van der Waals surface area contributed by atoms with Gasteiger partial charge in [-0.05, 0) is 49.5 Å². The first-order chi connectivity index (χ1) is 13.5. The first kappa shape index (κ1) is 21.3. The minimum atomic E-state index is -0.831.